The molecule has 0 aliphatic heterocycles. The van der Waals surface area contributed by atoms with Crippen LogP contribution >= 0.6 is 0 Å². The van der Waals surface area contributed by atoms with E-state index in [-0.39, 0.29) is 5.97 Å². The van der Waals surface area contributed by atoms with E-state index in [4.69, 9.17) is 19.7 Å². The van der Waals surface area contributed by atoms with Gasteiger partial charge in [0.25, 0.3) is 0 Å². The van der Waals surface area contributed by atoms with Crippen LogP contribution in [0, 0.1) is 0 Å². The van der Waals surface area contributed by atoms with Gasteiger partial charge in [-0.3, -0.25) is 15.2 Å². The molecule has 0 heterocycles. The molecule has 0 atom stereocenters. The van der Waals surface area contributed by atoms with Crippen molar-refractivity contribution in [2.45, 2.75) is 6.42 Å². The van der Waals surface area contributed by atoms with Gasteiger partial charge in [-0.15, -0.1) is 0 Å². The van der Waals surface area contributed by atoms with E-state index >= 15 is 0 Å². The molecule has 0 saturated heterocycles. The molecular formula is C9H18N2O5. The van der Waals surface area contributed by atoms with Gasteiger partial charge in [0.05, 0.1) is 6.42 Å². The number of hydrogen-bond donors (Lipinski definition) is 3. The molecule has 0 saturated carbocycles. The van der Waals surface area contributed by atoms with Crippen molar-refractivity contribution in [3.63, 3.8) is 0 Å². The molecule has 0 aliphatic rings. The van der Waals surface area contributed by atoms with Crippen molar-refractivity contribution in [2.75, 3.05) is 27.2 Å². The minimum absolute atomic E-state index is 0.204. The second kappa shape index (κ2) is 11.5. The van der Waals surface area contributed by atoms with Gasteiger partial charge in [0.1, 0.15) is 6.61 Å². The third-order valence-corrected chi connectivity index (χ3v) is 1.12. The zero-order valence-electron chi connectivity index (χ0n) is 9.47. The van der Waals surface area contributed by atoms with Crippen LogP contribution in [0.5, 0.6) is 0 Å². The number of carboxylic acid groups (broad SMARTS) is 2. The lowest BCUT2D eigenvalue weighted by Gasteiger charge is -2.10. The summed E-state index contributed by atoms with van der Waals surface area (Å²) in [5.74, 6) is -0.204. The molecule has 0 aliphatic carbocycles. The van der Waals surface area contributed by atoms with E-state index in [1.54, 1.807) is 11.1 Å². The summed E-state index contributed by atoms with van der Waals surface area (Å²) in [5.41, 5.74) is 2.96. The highest BCUT2D eigenvalue weighted by Gasteiger charge is 2.00. The first-order chi connectivity index (χ1) is 7.40. The van der Waals surface area contributed by atoms with Crippen LogP contribution in [-0.2, 0) is 9.53 Å². The number of esters is 1. The van der Waals surface area contributed by atoms with Crippen molar-refractivity contribution in [3.05, 3.63) is 12.7 Å². The van der Waals surface area contributed by atoms with E-state index in [1.165, 1.54) is 0 Å². The predicted molar refractivity (Wildman–Crippen MR) is 58.1 cm³/mol. The first kappa shape index (κ1) is 16.8. The molecule has 0 fully saturated rings. The molecule has 0 aromatic carbocycles. The number of nitrogens with one attached hydrogen (secondary N) is 1. The molecular weight excluding hydrogens is 216 g/mol. The monoisotopic (exact) mass is 234 g/mol. The van der Waals surface area contributed by atoms with Gasteiger partial charge < -0.3 is 14.9 Å². The summed E-state index contributed by atoms with van der Waals surface area (Å²) in [6.45, 7) is 4.33. The number of hydrazine groups is 1. The summed E-state index contributed by atoms with van der Waals surface area (Å²) in [5, 5.41) is 15.7. The average Bonchev–Trinajstić information content (AvgIpc) is 2.13. The van der Waals surface area contributed by atoms with Crippen LogP contribution < -0.4 is 5.43 Å². The zero-order valence-corrected chi connectivity index (χ0v) is 9.47. The highest BCUT2D eigenvalue weighted by molar-refractivity contribution is 5.69. The van der Waals surface area contributed by atoms with Crippen molar-refractivity contribution in [2.24, 2.45) is 0 Å². The van der Waals surface area contributed by atoms with Crippen molar-refractivity contribution in [3.8, 4) is 0 Å². The van der Waals surface area contributed by atoms with Gasteiger partial charge in [-0.05, 0) is 0 Å². The number of carbonyl (C=O) groups is 2. The smallest absolute Gasteiger partial charge is 0.461 e. The molecule has 0 amide bonds. The molecule has 7 nitrogen and oxygen atoms in total. The SMILES string of the molecule is C=CCOC(=O)CCNN(C)C.O=C(O)O. The van der Waals surface area contributed by atoms with Crippen LogP contribution in [0.2, 0.25) is 0 Å². The molecule has 16 heavy (non-hydrogen) atoms. The van der Waals surface area contributed by atoms with Crippen LogP contribution in [0.1, 0.15) is 6.42 Å². The van der Waals surface area contributed by atoms with Crippen LogP contribution in [0.25, 0.3) is 0 Å². The van der Waals surface area contributed by atoms with Crippen LogP contribution in [0.4, 0.5) is 4.79 Å². The topological polar surface area (TPSA) is 99.1 Å². The first-order valence-electron chi connectivity index (χ1n) is 4.49. The number of nitrogens with zero attached hydrogens (tertiary/aromatic N) is 1. The van der Waals surface area contributed by atoms with Gasteiger partial charge in [-0.1, -0.05) is 12.7 Å². The molecule has 0 radical (unpaired) electrons. The second-order valence-corrected chi connectivity index (χ2v) is 2.81. The number of hydrogen-bond acceptors (Lipinski definition) is 5. The Balaban J connectivity index is 0. The number of ether oxygens (including phenoxy) is 1. The van der Waals surface area contributed by atoms with E-state index in [0.29, 0.717) is 19.6 Å². The lowest BCUT2D eigenvalue weighted by Crippen LogP contribution is -2.32. The molecule has 94 valence electrons. The molecule has 0 spiro atoms. The van der Waals surface area contributed by atoms with E-state index < -0.39 is 6.16 Å². The lowest BCUT2D eigenvalue weighted by atomic mass is 10.4. The fraction of sp³-hybridized carbons (Fsp3) is 0.556. The Kier molecular flexibility index (Phi) is 12.1. The normalized spacial score (nSPS) is 8.94. The number of carbonyl (C=O) groups excluding carboxylic acids is 1. The predicted octanol–water partition coefficient (Wildman–Crippen LogP) is 0.394. The molecule has 0 aromatic rings. The third kappa shape index (κ3) is 22.8. The zero-order chi connectivity index (χ0) is 13.0. The molecule has 3 N–H and O–H groups in total. The summed E-state index contributed by atoms with van der Waals surface area (Å²) < 4.78 is 4.76. The maximum atomic E-state index is 10.9. The Bertz CT molecular complexity index is 214. The fourth-order valence-electron chi connectivity index (χ4n) is 0.606. The highest BCUT2D eigenvalue weighted by Crippen LogP contribution is 1.84. The summed E-state index contributed by atoms with van der Waals surface area (Å²) in [4.78, 5) is 19.4. The Labute approximate surface area is 94.3 Å². The van der Waals surface area contributed by atoms with Gasteiger partial charge in [-0.25, -0.2) is 4.79 Å². The van der Waals surface area contributed by atoms with Gasteiger partial charge >= 0.3 is 12.1 Å². The van der Waals surface area contributed by atoms with Gasteiger partial charge in [-0.2, -0.15) is 0 Å². The maximum absolute atomic E-state index is 10.9. The Morgan fingerprint density at radius 1 is 1.44 bits per heavy atom. The van der Waals surface area contributed by atoms with E-state index in [9.17, 15) is 4.79 Å². The molecule has 0 aromatic heterocycles. The second-order valence-electron chi connectivity index (χ2n) is 2.81. The van der Waals surface area contributed by atoms with Crippen molar-refractivity contribution in [1.29, 1.82) is 0 Å². The van der Waals surface area contributed by atoms with E-state index in [2.05, 4.69) is 12.0 Å². The molecule has 7 heteroatoms. The van der Waals surface area contributed by atoms with E-state index in [0.717, 1.165) is 0 Å². The third-order valence-electron chi connectivity index (χ3n) is 1.12. The van der Waals surface area contributed by atoms with Crippen molar-refractivity contribution in [1.82, 2.24) is 10.4 Å². The Morgan fingerprint density at radius 3 is 2.31 bits per heavy atom. The van der Waals surface area contributed by atoms with Gasteiger partial charge in [0.15, 0.2) is 0 Å². The fourth-order valence-corrected chi connectivity index (χ4v) is 0.606. The van der Waals surface area contributed by atoms with Gasteiger partial charge in [0.2, 0.25) is 0 Å². The largest absolute Gasteiger partial charge is 0.503 e. The maximum Gasteiger partial charge on any atom is 0.503 e. The molecule has 0 rings (SSSR count). The summed E-state index contributed by atoms with van der Waals surface area (Å²) in [7, 11) is 3.74. The van der Waals surface area contributed by atoms with Crippen LogP contribution in [0.15, 0.2) is 12.7 Å². The molecule has 0 bridgehead atoms. The quantitative estimate of drug-likeness (QED) is 0.347. The Hall–Kier alpha value is -1.60. The Morgan fingerprint density at radius 2 is 1.94 bits per heavy atom. The minimum Gasteiger partial charge on any atom is -0.461 e. The van der Waals surface area contributed by atoms with Crippen LogP contribution in [-0.4, -0.2) is 54.6 Å². The van der Waals surface area contributed by atoms with Crippen molar-refractivity contribution < 1.29 is 24.5 Å². The van der Waals surface area contributed by atoms with E-state index in [1.807, 2.05) is 14.1 Å². The summed E-state index contributed by atoms with van der Waals surface area (Å²) in [6.07, 6.45) is 0.100. The molecule has 0 unspecified atom stereocenters. The number of rotatable bonds is 6. The average molecular weight is 234 g/mol. The van der Waals surface area contributed by atoms with Gasteiger partial charge in [0, 0.05) is 20.6 Å². The standard InChI is InChI=1S/C8H16N2O2.CH2O3/c1-4-7-12-8(11)5-6-9-10(2)3;2-1(3)4/h4,9H,1,5-7H2,2-3H3;(H2,2,3,4). The van der Waals surface area contributed by atoms with Crippen molar-refractivity contribution >= 4 is 12.1 Å². The first-order valence-corrected chi connectivity index (χ1v) is 4.49. The summed E-state index contributed by atoms with van der Waals surface area (Å²) >= 11 is 0. The highest BCUT2D eigenvalue weighted by atomic mass is 16.6. The summed E-state index contributed by atoms with van der Waals surface area (Å²) in [6, 6.07) is 0. The minimum atomic E-state index is -1.83. The van der Waals surface area contributed by atoms with Crippen LogP contribution in [0.3, 0.4) is 0 Å². The lowest BCUT2D eigenvalue weighted by molar-refractivity contribution is -0.142.